The van der Waals surface area contributed by atoms with Crippen molar-refractivity contribution in [1.29, 1.82) is 0 Å². The van der Waals surface area contributed by atoms with Crippen LogP contribution in [0.15, 0.2) is 29.6 Å². The van der Waals surface area contributed by atoms with Gasteiger partial charge in [0.1, 0.15) is 11.3 Å². The molecule has 0 radical (unpaired) electrons. The first-order valence-electron chi connectivity index (χ1n) is 5.95. The SMILES string of the molecule is COCCn1ncc(NCc2ccncn2)c(Cl)c1=O. The van der Waals surface area contributed by atoms with Crippen LogP contribution in [0.5, 0.6) is 0 Å². The molecule has 0 unspecified atom stereocenters. The van der Waals surface area contributed by atoms with E-state index in [1.807, 2.05) is 0 Å². The summed E-state index contributed by atoms with van der Waals surface area (Å²) < 4.78 is 6.17. The summed E-state index contributed by atoms with van der Waals surface area (Å²) in [6.07, 6.45) is 4.62. The van der Waals surface area contributed by atoms with E-state index in [0.29, 0.717) is 25.4 Å². The second-order valence-electron chi connectivity index (χ2n) is 3.95. The standard InChI is InChI=1S/C12H14ClN5O2/c1-20-5-4-18-12(19)11(13)10(7-17-18)15-6-9-2-3-14-8-16-9/h2-3,7-8,15H,4-6H2,1H3. The molecular formula is C12H14ClN5O2. The molecule has 0 spiro atoms. The quantitative estimate of drug-likeness (QED) is 0.854. The van der Waals surface area contributed by atoms with Crippen molar-refractivity contribution < 1.29 is 4.74 Å². The van der Waals surface area contributed by atoms with E-state index < -0.39 is 0 Å². The predicted molar refractivity (Wildman–Crippen MR) is 74.7 cm³/mol. The molecule has 0 aliphatic rings. The topological polar surface area (TPSA) is 81.9 Å². The first-order chi connectivity index (χ1) is 9.72. The second kappa shape index (κ2) is 6.97. The normalized spacial score (nSPS) is 10.5. The summed E-state index contributed by atoms with van der Waals surface area (Å²) in [7, 11) is 1.56. The van der Waals surface area contributed by atoms with E-state index in [2.05, 4.69) is 20.4 Å². The number of ether oxygens (including phenoxy) is 1. The zero-order chi connectivity index (χ0) is 14.4. The minimum atomic E-state index is -0.351. The number of nitrogens with one attached hydrogen (secondary N) is 1. The molecule has 0 saturated carbocycles. The molecule has 0 fully saturated rings. The fourth-order valence-electron chi connectivity index (χ4n) is 1.53. The Balaban J connectivity index is 2.09. The molecule has 7 nitrogen and oxygen atoms in total. The summed E-state index contributed by atoms with van der Waals surface area (Å²) >= 11 is 6.03. The zero-order valence-electron chi connectivity index (χ0n) is 10.9. The largest absolute Gasteiger partial charge is 0.383 e. The average Bonchev–Trinajstić information content (AvgIpc) is 2.49. The third-order valence-electron chi connectivity index (χ3n) is 2.60. The minimum Gasteiger partial charge on any atom is -0.383 e. The lowest BCUT2D eigenvalue weighted by atomic mass is 10.4. The van der Waals surface area contributed by atoms with Crippen LogP contribution in [0, 0.1) is 0 Å². The molecule has 2 rings (SSSR count). The fourth-order valence-corrected chi connectivity index (χ4v) is 1.75. The Labute approximate surface area is 120 Å². The number of methoxy groups -OCH3 is 1. The van der Waals surface area contributed by atoms with Crippen LogP contribution >= 0.6 is 11.6 Å². The van der Waals surface area contributed by atoms with Gasteiger partial charge in [-0.1, -0.05) is 11.6 Å². The molecule has 0 amide bonds. The highest BCUT2D eigenvalue weighted by Gasteiger charge is 2.09. The Hall–Kier alpha value is -1.99. The van der Waals surface area contributed by atoms with E-state index >= 15 is 0 Å². The molecule has 0 aliphatic heterocycles. The van der Waals surface area contributed by atoms with Gasteiger partial charge in [-0.05, 0) is 6.07 Å². The van der Waals surface area contributed by atoms with E-state index in [1.54, 1.807) is 19.4 Å². The maximum atomic E-state index is 12.0. The van der Waals surface area contributed by atoms with Crippen molar-refractivity contribution in [2.45, 2.75) is 13.1 Å². The van der Waals surface area contributed by atoms with Crippen LogP contribution in [0.3, 0.4) is 0 Å². The van der Waals surface area contributed by atoms with Gasteiger partial charge in [0, 0.05) is 13.3 Å². The van der Waals surface area contributed by atoms with E-state index in [-0.39, 0.29) is 10.6 Å². The van der Waals surface area contributed by atoms with E-state index in [1.165, 1.54) is 17.2 Å². The number of aromatic nitrogens is 4. The third-order valence-corrected chi connectivity index (χ3v) is 2.96. The molecule has 8 heteroatoms. The highest BCUT2D eigenvalue weighted by molar-refractivity contribution is 6.32. The molecular weight excluding hydrogens is 282 g/mol. The van der Waals surface area contributed by atoms with Gasteiger partial charge in [0.2, 0.25) is 0 Å². The lowest BCUT2D eigenvalue weighted by Crippen LogP contribution is -2.26. The molecule has 106 valence electrons. The summed E-state index contributed by atoms with van der Waals surface area (Å²) in [6, 6.07) is 1.77. The number of hydrogen-bond donors (Lipinski definition) is 1. The first-order valence-corrected chi connectivity index (χ1v) is 6.33. The number of hydrogen-bond acceptors (Lipinski definition) is 6. The molecule has 2 aromatic heterocycles. The number of halogens is 1. The molecule has 1 N–H and O–H groups in total. The molecule has 0 aliphatic carbocycles. The molecule has 2 heterocycles. The van der Waals surface area contributed by atoms with Crippen LogP contribution in [-0.4, -0.2) is 33.5 Å². The van der Waals surface area contributed by atoms with Crippen LogP contribution < -0.4 is 10.9 Å². The summed E-state index contributed by atoms with van der Waals surface area (Å²) in [5.74, 6) is 0. The first kappa shape index (κ1) is 14.4. The molecule has 2 aromatic rings. The Bertz CT molecular complexity index is 617. The maximum absolute atomic E-state index is 12.0. The number of anilines is 1. The highest BCUT2D eigenvalue weighted by Crippen LogP contribution is 2.15. The summed E-state index contributed by atoms with van der Waals surface area (Å²) in [4.78, 5) is 19.9. The summed E-state index contributed by atoms with van der Waals surface area (Å²) in [5.41, 5.74) is 0.917. The van der Waals surface area contributed by atoms with Crippen LogP contribution in [-0.2, 0) is 17.8 Å². The second-order valence-corrected chi connectivity index (χ2v) is 4.33. The Morgan fingerprint density at radius 2 is 2.35 bits per heavy atom. The minimum absolute atomic E-state index is 0.102. The Morgan fingerprint density at radius 3 is 3.05 bits per heavy atom. The lowest BCUT2D eigenvalue weighted by molar-refractivity contribution is 0.182. The van der Waals surface area contributed by atoms with Crippen LogP contribution in [0.2, 0.25) is 5.02 Å². The molecule has 0 saturated heterocycles. The van der Waals surface area contributed by atoms with Crippen molar-refractivity contribution in [3.63, 3.8) is 0 Å². The number of rotatable bonds is 6. The van der Waals surface area contributed by atoms with Crippen molar-refractivity contribution >= 4 is 17.3 Å². The Morgan fingerprint density at radius 1 is 1.50 bits per heavy atom. The van der Waals surface area contributed by atoms with Crippen LogP contribution in [0.25, 0.3) is 0 Å². The Kier molecular flexibility index (Phi) is 5.03. The van der Waals surface area contributed by atoms with Gasteiger partial charge in [0.15, 0.2) is 0 Å². The number of nitrogens with zero attached hydrogens (tertiary/aromatic N) is 4. The fraction of sp³-hybridized carbons (Fsp3) is 0.333. The van der Waals surface area contributed by atoms with Gasteiger partial charge in [-0.25, -0.2) is 14.6 Å². The molecule has 0 bridgehead atoms. The lowest BCUT2D eigenvalue weighted by Gasteiger charge is -2.09. The van der Waals surface area contributed by atoms with Crippen molar-refractivity contribution in [3.8, 4) is 0 Å². The van der Waals surface area contributed by atoms with Crippen molar-refractivity contribution in [1.82, 2.24) is 19.7 Å². The van der Waals surface area contributed by atoms with Crippen molar-refractivity contribution in [2.24, 2.45) is 0 Å². The van der Waals surface area contributed by atoms with Gasteiger partial charge in [0.25, 0.3) is 5.56 Å². The maximum Gasteiger partial charge on any atom is 0.287 e. The summed E-state index contributed by atoms with van der Waals surface area (Å²) in [5, 5.41) is 7.16. The molecule has 20 heavy (non-hydrogen) atoms. The molecule has 0 atom stereocenters. The highest BCUT2D eigenvalue weighted by atomic mass is 35.5. The average molecular weight is 296 g/mol. The smallest absolute Gasteiger partial charge is 0.287 e. The van der Waals surface area contributed by atoms with Crippen LogP contribution in [0.4, 0.5) is 5.69 Å². The van der Waals surface area contributed by atoms with E-state index in [9.17, 15) is 4.79 Å². The summed E-state index contributed by atoms with van der Waals surface area (Å²) in [6.45, 7) is 1.20. The van der Waals surface area contributed by atoms with Gasteiger partial charge in [-0.3, -0.25) is 4.79 Å². The van der Waals surface area contributed by atoms with Gasteiger partial charge >= 0.3 is 0 Å². The predicted octanol–water partition coefficient (Wildman–Crippen LogP) is 0.945. The van der Waals surface area contributed by atoms with Crippen molar-refractivity contribution in [3.05, 3.63) is 45.9 Å². The van der Waals surface area contributed by atoms with Crippen molar-refractivity contribution in [2.75, 3.05) is 19.0 Å². The van der Waals surface area contributed by atoms with E-state index in [4.69, 9.17) is 16.3 Å². The monoisotopic (exact) mass is 295 g/mol. The van der Waals surface area contributed by atoms with E-state index in [0.717, 1.165) is 5.69 Å². The van der Waals surface area contributed by atoms with Gasteiger partial charge in [0.05, 0.1) is 37.3 Å². The van der Waals surface area contributed by atoms with Gasteiger partial charge in [-0.2, -0.15) is 5.10 Å². The zero-order valence-corrected chi connectivity index (χ0v) is 11.7. The van der Waals surface area contributed by atoms with Crippen LogP contribution in [0.1, 0.15) is 5.69 Å². The van der Waals surface area contributed by atoms with Gasteiger partial charge < -0.3 is 10.1 Å². The van der Waals surface area contributed by atoms with Gasteiger partial charge in [-0.15, -0.1) is 0 Å². The molecule has 0 aromatic carbocycles. The third kappa shape index (κ3) is 3.52.